The molecule has 2 rings (SSSR count). The number of hydrogen-bond acceptors (Lipinski definition) is 4. The number of halogens is 2. The molecule has 0 bridgehead atoms. The molecule has 0 amide bonds. The molecule has 0 aliphatic heterocycles. The van der Waals surface area contributed by atoms with Crippen LogP contribution in [0.1, 0.15) is 5.82 Å². The summed E-state index contributed by atoms with van der Waals surface area (Å²) in [4.78, 5) is 0. The topological polar surface area (TPSA) is 55.6 Å². The van der Waals surface area contributed by atoms with E-state index in [0.29, 0.717) is 18.1 Å². The summed E-state index contributed by atoms with van der Waals surface area (Å²) in [6.45, 7) is 0.471. The fourth-order valence-corrected chi connectivity index (χ4v) is 1.66. The van der Waals surface area contributed by atoms with Crippen LogP contribution in [0, 0.1) is 5.82 Å². The average molecular weight is 286 g/mol. The van der Waals surface area contributed by atoms with Crippen molar-refractivity contribution in [3.63, 3.8) is 0 Å². The summed E-state index contributed by atoms with van der Waals surface area (Å²) in [6.07, 6.45) is 0. The Balaban J connectivity index is 2.49. The third kappa shape index (κ3) is 2.10. The fourth-order valence-electron chi connectivity index (χ4n) is 1.31. The number of aromatic nitrogens is 4. The van der Waals surface area contributed by atoms with Crippen LogP contribution >= 0.6 is 15.9 Å². The van der Waals surface area contributed by atoms with Crippen molar-refractivity contribution >= 4 is 15.9 Å². The monoisotopic (exact) mass is 285 g/mol. The van der Waals surface area contributed by atoms with Crippen molar-refractivity contribution in [3.05, 3.63) is 34.3 Å². The Hall–Kier alpha value is -1.34. The van der Waals surface area contributed by atoms with Crippen molar-refractivity contribution < 1.29 is 4.39 Å². The molecule has 0 atom stereocenters. The van der Waals surface area contributed by atoms with Crippen molar-refractivity contribution in [2.75, 3.05) is 7.05 Å². The van der Waals surface area contributed by atoms with Crippen LogP contribution in [0.2, 0.25) is 0 Å². The highest BCUT2D eigenvalue weighted by molar-refractivity contribution is 9.10. The van der Waals surface area contributed by atoms with E-state index in [-0.39, 0.29) is 5.82 Å². The molecule has 1 heterocycles. The van der Waals surface area contributed by atoms with E-state index < -0.39 is 0 Å². The van der Waals surface area contributed by atoms with Gasteiger partial charge < -0.3 is 5.32 Å². The van der Waals surface area contributed by atoms with Gasteiger partial charge in [0.25, 0.3) is 0 Å². The zero-order valence-electron chi connectivity index (χ0n) is 8.48. The number of nitrogens with one attached hydrogen (secondary N) is 1. The minimum atomic E-state index is -0.368. The average Bonchev–Trinajstić information content (AvgIpc) is 2.70. The van der Waals surface area contributed by atoms with Gasteiger partial charge in [-0.3, -0.25) is 0 Å². The van der Waals surface area contributed by atoms with Gasteiger partial charge in [-0.2, -0.15) is 4.68 Å². The number of benzene rings is 1. The first-order valence-corrected chi connectivity index (χ1v) is 5.39. The van der Waals surface area contributed by atoms with E-state index in [2.05, 4.69) is 36.8 Å². The normalized spacial score (nSPS) is 10.7. The summed E-state index contributed by atoms with van der Waals surface area (Å²) in [5.41, 5.74) is 0.324. The molecule has 1 N–H and O–H groups in total. The van der Waals surface area contributed by atoms with Gasteiger partial charge in [0.05, 0.1) is 6.54 Å². The maximum atomic E-state index is 13.6. The summed E-state index contributed by atoms with van der Waals surface area (Å²) >= 11 is 3.28. The lowest BCUT2D eigenvalue weighted by Gasteiger charge is -2.05. The Morgan fingerprint density at radius 2 is 2.31 bits per heavy atom. The smallest absolute Gasteiger partial charge is 0.170 e. The van der Waals surface area contributed by atoms with Gasteiger partial charge in [0.15, 0.2) is 5.82 Å². The molecule has 0 aliphatic rings. The second-order valence-electron chi connectivity index (χ2n) is 3.13. The number of tetrazole rings is 1. The van der Waals surface area contributed by atoms with Crippen molar-refractivity contribution in [2.45, 2.75) is 6.54 Å². The molecule has 84 valence electrons. The molecule has 0 saturated carbocycles. The van der Waals surface area contributed by atoms with Crippen LogP contribution in [0.25, 0.3) is 5.69 Å². The molecule has 0 aliphatic carbocycles. The highest BCUT2D eigenvalue weighted by atomic mass is 79.9. The summed E-state index contributed by atoms with van der Waals surface area (Å²) in [5, 5.41) is 14.0. The molecule has 0 saturated heterocycles. The van der Waals surface area contributed by atoms with Gasteiger partial charge in [-0.25, -0.2) is 4.39 Å². The van der Waals surface area contributed by atoms with E-state index in [1.54, 1.807) is 19.2 Å². The highest BCUT2D eigenvalue weighted by Crippen LogP contribution is 2.19. The minimum absolute atomic E-state index is 0.324. The molecule has 0 unspecified atom stereocenters. The predicted octanol–water partition coefficient (Wildman–Crippen LogP) is 1.28. The van der Waals surface area contributed by atoms with E-state index in [9.17, 15) is 4.39 Å². The quantitative estimate of drug-likeness (QED) is 0.923. The summed E-state index contributed by atoms with van der Waals surface area (Å²) < 4.78 is 15.7. The van der Waals surface area contributed by atoms with Crippen LogP contribution in [-0.4, -0.2) is 27.3 Å². The second-order valence-corrected chi connectivity index (χ2v) is 4.05. The van der Waals surface area contributed by atoms with E-state index in [0.717, 1.165) is 4.47 Å². The molecule has 0 radical (unpaired) electrons. The van der Waals surface area contributed by atoms with Gasteiger partial charge in [-0.05, 0) is 35.7 Å². The predicted molar refractivity (Wildman–Crippen MR) is 59.6 cm³/mol. The van der Waals surface area contributed by atoms with Crippen LogP contribution in [0.15, 0.2) is 22.7 Å². The molecular formula is C9H9BrFN5. The van der Waals surface area contributed by atoms with Gasteiger partial charge in [-0.15, -0.1) is 5.10 Å². The van der Waals surface area contributed by atoms with Crippen LogP contribution in [0.3, 0.4) is 0 Å². The van der Waals surface area contributed by atoms with Gasteiger partial charge in [0.1, 0.15) is 11.5 Å². The zero-order chi connectivity index (χ0) is 11.5. The van der Waals surface area contributed by atoms with E-state index >= 15 is 0 Å². The summed E-state index contributed by atoms with van der Waals surface area (Å²) in [6, 6.07) is 4.62. The molecule has 1 aromatic heterocycles. The zero-order valence-corrected chi connectivity index (χ0v) is 10.1. The third-order valence-corrected chi connectivity index (χ3v) is 2.50. The van der Waals surface area contributed by atoms with Gasteiger partial charge >= 0.3 is 0 Å². The Labute approximate surface area is 99.8 Å². The third-order valence-electron chi connectivity index (χ3n) is 2.01. The lowest BCUT2D eigenvalue weighted by atomic mass is 10.3. The Morgan fingerprint density at radius 3 is 3.06 bits per heavy atom. The lowest BCUT2D eigenvalue weighted by molar-refractivity contribution is 0.598. The largest absolute Gasteiger partial charge is 0.313 e. The van der Waals surface area contributed by atoms with Gasteiger partial charge in [0, 0.05) is 4.47 Å². The second kappa shape index (κ2) is 4.67. The first-order valence-electron chi connectivity index (χ1n) is 4.59. The molecule has 7 heteroatoms. The number of nitrogens with zero attached hydrogens (tertiary/aromatic N) is 4. The van der Waals surface area contributed by atoms with Crippen LogP contribution < -0.4 is 5.32 Å². The van der Waals surface area contributed by atoms with E-state index in [1.165, 1.54) is 10.7 Å². The fraction of sp³-hybridized carbons (Fsp3) is 0.222. The van der Waals surface area contributed by atoms with Crippen LogP contribution in [0.5, 0.6) is 0 Å². The molecule has 0 fully saturated rings. The van der Waals surface area contributed by atoms with Crippen molar-refractivity contribution in [1.29, 1.82) is 0 Å². The molecule has 16 heavy (non-hydrogen) atoms. The van der Waals surface area contributed by atoms with E-state index in [4.69, 9.17) is 0 Å². The maximum absolute atomic E-state index is 13.6. The molecule has 0 spiro atoms. The summed E-state index contributed by atoms with van der Waals surface area (Å²) in [7, 11) is 1.77. The standard InChI is InChI=1S/C9H9BrFN5/c1-12-5-9-13-14-15-16(9)8-4-6(10)2-3-7(8)11/h2-4,12H,5H2,1H3. The first kappa shape index (κ1) is 11.2. The SMILES string of the molecule is CNCc1nnnn1-c1cc(Br)ccc1F. The van der Waals surface area contributed by atoms with E-state index in [1.807, 2.05) is 0 Å². The Bertz CT molecular complexity index is 498. The number of rotatable bonds is 3. The molecule has 2 aromatic rings. The van der Waals surface area contributed by atoms with Gasteiger partial charge in [-0.1, -0.05) is 15.9 Å². The lowest BCUT2D eigenvalue weighted by Crippen LogP contribution is -2.13. The van der Waals surface area contributed by atoms with Crippen LogP contribution in [-0.2, 0) is 6.54 Å². The Kier molecular flexibility index (Phi) is 3.25. The first-order chi connectivity index (χ1) is 7.72. The Morgan fingerprint density at radius 1 is 1.50 bits per heavy atom. The van der Waals surface area contributed by atoms with Crippen molar-refractivity contribution in [1.82, 2.24) is 25.5 Å². The molecule has 5 nitrogen and oxygen atoms in total. The molecular weight excluding hydrogens is 277 g/mol. The van der Waals surface area contributed by atoms with Crippen molar-refractivity contribution in [2.24, 2.45) is 0 Å². The van der Waals surface area contributed by atoms with Crippen LogP contribution in [0.4, 0.5) is 4.39 Å². The highest BCUT2D eigenvalue weighted by Gasteiger charge is 2.11. The summed E-state index contributed by atoms with van der Waals surface area (Å²) in [5.74, 6) is 0.187. The number of hydrogen-bond donors (Lipinski definition) is 1. The minimum Gasteiger partial charge on any atom is -0.313 e. The maximum Gasteiger partial charge on any atom is 0.170 e. The molecule has 1 aromatic carbocycles. The van der Waals surface area contributed by atoms with Gasteiger partial charge in [0.2, 0.25) is 0 Å². The van der Waals surface area contributed by atoms with Crippen molar-refractivity contribution in [3.8, 4) is 5.69 Å².